The minimum Gasteiger partial charge on any atom is -0.491 e. The lowest BCUT2D eigenvalue weighted by molar-refractivity contribution is 0.146. The van der Waals surface area contributed by atoms with Crippen LogP contribution in [0.2, 0.25) is 0 Å². The first kappa shape index (κ1) is 22.4. The maximum Gasteiger partial charge on any atom is 0.191 e. The van der Waals surface area contributed by atoms with Crippen LogP contribution in [0.4, 0.5) is 0 Å². The number of benzene rings is 1. The molecular weight excluding hydrogens is 449 g/mol. The number of hydrogen-bond donors (Lipinski definition) is 2. The fraction of sp³-hybridized carbons (Fsp3) is 0.611. The smallest absolute Gasteiger partial charge is 0.191 e. The normalized spacial score (nSPS) is 17.0. The van der Waals surface area contributed by atoms with Gasteiger partial charge in [-0.25, -0.2) is 4.99 Å². The van der Waals surface area contributed by atoms with Crippen molar-refractivity contribution in [1.82, 2.24) is 10.6 Å². The molecule has 0 radical (unpaired) electrons. The third kappa shape index (κ3) is 9.01. The van der Waals surface area contributed by atoms with Crippen LogP contribution in [0, 0.1) is 0 Å². The summed E-state index contributed by atoms with van der Waals surface area (Å²) in [5.41, 5.74) is 1.17. The van der Waals surface area contributed by atoms with E-state index in [1.165, 1.54) is 24.2 Å². The molecule has 1 atom stereocenters. The molecule has 1 aromatic rings. The summed E-state index contributed by atoms with van der Waals surface area (Å²) in [7, 11) is 1.67. The SMILES string of the molecule is CCNC(=NCc1ccc(OCCOC)cc1)NCC1CCCS1.I. The van der Waals surface area contributed by atoms with Crippen molar-refractivity contribution in [3.8, 4) is 5.75 Å². The standard InChI is InChI=1S/C18H29N3O2S.HI/c1-3-19-18(21-14-17-5-4-12-24-17)20-13-15-6-8-16(9-7-15)23-11-10-22-2;/h6-9,17H,3-5,10-14H2,1-2H3,(H2,19,20,21);1H. The topological polar surface area (TPSA) is 54.9 Å². The number of thioether (sulfide) groups is 1. The van der Waals surface area contributed by atoms with Gasteiger partial charge in [0, 0.05) is 25.4 Å². The van der Waals surface area contributed by atoms with Gasteiger partial charge in [0.05, 0.1) is 13.2 Å². The fourth-order valence-electron chi connectivity index (χ4n) is 2.46. The number of ether oxygens (including phenoxy) is 2. The molecule has 1 aliphatic heterocycles. The van der Waals surface area contributed by atoms with Crippen LogP contribution < -0.4 is 15.4 Å². The second-order valence-electron chi connectivity index (χ2n) is 5.70. The van der Waals surface area contributed by atoms with Crippen LogP contribution in [0.25, 0.3) is 0 Å². The molecule has 1 heterocycles. The first-order chi connectivity index (χ1) is 11.8. The highest BCUT2D eigenvalue weighted by atomic mass is 127. The van der Waals surface area contributed by atoms with Gasteiger partial charge in [0.1, 0.15) is 12.4 Å². The van der Waals surface area contributed by atoms with Crippen LogP contribution in [0.15, 0.2) is 29.3 Å². The zero-order valence-electron chi connectivity index (χ0n) is 15.1. The van der Waals surface area contributed by atoms with E-state index in [0.29, 0.717) is 19.8 Å². The molecular formula is C18H30IN3O2S. The molecule has 1 aliphatic rings. The minimum atomic E-state index is 0. The summed E-state index contributed by atoms with van der Waals surface area (Å²) < 4.78 is 10.6. The number of rotatable bonds is 9. The molecule has 0 saturated carbocycles. The van der Waals surface area contributed by atoms with Gasteiger partial charge in [-0.3, -0.25) is 0 Å². The Hall–Kier alpha value is -0.670. The maximum atomic E-state index is 5.57. The van der Waals surface area contributed by atoms with Gasteiger partial charge in [0.15, 0.2) is 5.96 Å². The van der Waals surface area contributed by atoms with Crippen molar-refractivity contribution in [3.05, 3.63) is 29.8 Å². The Morgan fingerprint density at radius 2 is 2.04 bits per heavy atom. The summed E-state index contributed by atoms with van der Waals surface area (Å²) >= 11 is 2.06. The summed E-state index contributed by atoms with van der Waals surface area (Å²) in [6.45, 7) is 5.78. The molecule has 0 spiro atoms. The van der Waals surface area contributed by atoms with Gasteiger partial charge in [-0.2, -0.15) is 11.8 Å². The van der Waals surface area contributed by atoms with E-state index in [0.717, 1.165) is 30.0 Å². The number of nitrogens with zero attached hydrogens (tertiary/aromatic N) is 1. The van der Waals surface area contributed by atoms with E-state index in [-0.39, 0.29) is 24.0 Å². The molecule has 5 nitrogen and oxygen atoms in total. The largest absolute Gasteiger partial charge is 0.491 e. The molecule has 2 N–H and O–H groups in total. The van der Waals surface area contributed by atoms with E-state index in [1.807, 2.05) is 12.1 Å². The molecule has 0 amide bonds. The van der Waals surface area contributed by atoms with Crippen LogP contribution >= 0.6 is 35.7 Å². The highest BCUT2D eigenvalue weighted by molar-refractivity contribution is 14.0. The van der Waals surface area contributed by atoms with Crippen LogP contribution in [0.1, 0.15) is 25.3 Å². The summed E-state index contributed by atoms with van der Waals surface area (Å²) in [6.07, 6.45) is 2.64. The number of hydrogen-bond acceptors (Lipinski definition) is 4. The number of halogens is 1. The van der Waals surface area contributed by atoms with E-state index >= 15 is 0 Å². The van der Waals surface area contributed by atoms with Crippen molar-refractivity contribution >= 4 is 41.7 Å². The van der Waals surface area contributed by atoms with E-state index in [2.05, 4.69) is 46.4 Å². The predicted octanol–water partition coefficient (Wildman–Crippen LogP) is 3.28. The Kier molecular flexibility index (Phi) is 12.1. The molecule has 25 heavy (non-hydrogen) atoms. The molecule has 1 saturated heterocycles. The van der Waals surface area contributed by atoms with Crippen molar-refractivity contribution in [3.63, 3.8) is 0 Å². The van der Waals surface area contributed by atoms with E-state index < -0.39 is 0 Å². The van der Waals surface area contributed by atoms with Crippen molar-refractivity contribution in [2.45, 2.75) is 31.6 Å². The highest BCUT2D eigenvalue weighted by Crippen LogP contribution is 2.25. The molecule has 7 heteroatoms. The zero-order chi connectivity index (χ0) is 17.0. The van der Waals surface area contributed by atoms with Crippen LogP contribution in [-0.2, 0) is 11.3 Å². The van der Waals surface area contributed by atoms with Gasteiger partial charge < -0.3 is 20.1 Å². The van der Waals surface area contributed by atoms with Crippen LogP contribution in [0.3, 0.4) is 0 Å². The Morgan fingerprint density at radius 1 is 1.24 bits per heavy atom. The van der Waals surface area contributed by atoms with Gasteiger partial charge in [0.2, 0.25) is 0 Å². The lowest BCUT2D eigenvalue weighted by Crippen LogP contribution is -2.40. The number of nitrogens with one attached hydrogen (secondary N) is 2. The lowest BCUT2D eigenvalue weighted by Gasteiger charge is -2.14. The Labute approximate surface area is 172 Å². The van der Waals surface area contributed by atoms with Gasteiger partial charge in [-0.05, 0) is 43.2 Å². The number of methoxy groups -OCH3 is 1. The Balaban J connectivity index is 0.00000312. The highest BCUT2D eigenvalue weighted by Gasteiger charge is 2.15. The summed E-state index contributed by atoms with van der Waals surface area (Å²) in [4.78, 5) is 4.67. The van der Waals surface area contributed by atoms with Crippen molar-refractivity contribution in [1.29, 1.82) is 0 Å². The van der Waals surface area contributed by atoms with Crippen molar-refractivity contribution < 1.29 is 9.47 Å². The molecule has 1 unspecified atom stereocenters. The predicted molar refractivity (Wildman–Crippen MR) is 118 cm³/mol. The fourth-order valence-corrected chi connectivity index (χ4v) is 3.66. The van der Waals surface area contributed by atoms with Gasteiger partial charge >= 0.3 is 0 Å². The lowest BCUT2D eigenvalue weighted by atomic mass is 10.2. The van der Waals surface area contributed by atoms with Crippen molar-refractivity contribution in [2.75, 3.05) is 39.2 Å². The van der Waals surface area contributed by atoms with Gasteiger partial charge in [-0.1, -0.05) is 12.1 Å². The average Bonchev–Trinajstić information content (AvgIpc) is 3.12. The molecule has 1 fully saturated rings. The molecule has 1 aromatic carbocycles. The van der Waals surface area contributed by atoms with E-state index in [1.54, 1.807) is 7.11 Å². The number of aliphatic imine (C=N–C) groups is 1. The Bertz CT molecular complexity index is 494. The second-order valence-corrected chi connectivity index (χ2v) is 7.10. The second kappa shape index (κ2) is 13.5. The van der Waals surface area contributed by atoms with E-state index in [4.69, 9.17) is 9.47 Å². The summed E-state index contributed by atoms with van der Waals surface area (Å²) in [6, 6.07) is 8.08. The molecule has 2 rings (SSSR count). The third-order valence-corrected chi connectivity index (χ3v) is 5.16. The van der Waals surface area contributed by atoms with Gasteiger partial charge in [-0.15, -0.1) is 24.0 Å². The third-order valence-electron chi connectivity index (χ3n) is 3.76. The quantitative estimate of drug-likeness (QED) is 0.247. The molecule has 0 aromatic heterocycles. The molecule has 0 bridgehead atoms. The minimum absolute atomic E-state index is 0. The number of guanidine groups is 1. The van der Waals surface area contributed by atoms with Crippen LogP contribution in [-0.4, -0.2) is 50.4 Å². The van der Waals surface area contributed by atoms with E-state index in [9.17, 15) is 0 Å². The first-order valence-electron chi connectivity index (χ1n) is 8.66. The summed E-state index contributed by atoms with van der Waals surface area (Å²) in [5, 5.41) is 7.49. The first-order valence-corrected chi connectivity index (χ1v) is 9.71. The zero-order valence-corrected chi connectivity index (χ0v) is 18.3. The van der Waals surface area contributed by atoms with Crippen molar-refractivity contribution in [2.24, 2.45) is 4.99 Å². The maximum absolute atomic E-state index is 5.57. The average molecular weight is 479 g/mol. The molecule has 142 valence electrons. The summed E-state index contributed by atoms with van der Waals surface area (Å²) in [5.74, 6) is 3.05. The van der Waals surface area contributed by atoms with Gasteiger partial charge in [0.25, 0.3) is 0 Å². The molecule has 0 aliphatic carbocycles. The monoisotopic (exact) mass is 479 g/mol. The van der Waals surface area contributed by atoms with Crippen LogP contribution in [0.5, 0.6) is 5.75 Å². The Morgan fingerprint density at radius 3 is 2.68 bits per heavy atom.